The molecule has 176 valence electrons. The molecule has 1 aliphatic heterocycles. The van der Waals surface area contributed by atoms with Crippen LogP contribution in [-0.2, 0) is 16.0 Å². The van der Waals surface area contributed by atoms with Gasteiger partial charge in [-0.1, -0.05) is 6.07 Å². The van der Waals surface area contributed by atoms with Crippen LogP contribution in [0.3, 0.4) is 0 Å². The summed E-state index contributed by atoms with van der Waals surface area (Å²) in [6.45, 7) is 3.39. The average Bonchev–Trinajstić information content (AvgIpc) is 3.19. The number of imidazole rings is 1. The molecule has 4 aliphatic carbocycles. The van der Waals surface area contributed by atoms with Crippen LogP contribution in [0.4, 0.5) is 0 Å². The number of hydrogen-bond acceptors (Lipinski definition) is 5. The summed E-state index contributed by atoms with van der Waals surface area (Å²) in [6.07, 6.45) is 10.0. The van der Waals surface area contributed by atoms with Crippen molar-refractivity contribution in [3.8, 4) is 0 Å². The summed E-state index contributed by atoms with van der Waals surface area (Å²) in [6, 6.07) is 5.57. The van der Waals surface area contributed by atoms with E-state index in [1.165, 1.54) is 38.5 Å². The molecule has 0 atom stereocenters. The van der Waals surface area contributed by atoms with Crippen molar-refractivity contribution in [1.82, 2.24) is 25.1 Å². The second-order valence-corrected chi connectivity index (χ2v) is 10.8. The molecule has 7 rings (SSSR count). The number of ether oxygens (including phenoxy) is 1. The van der Waals surface area contributed by atoms with Gasteiger partial charge in [-0.2, -0.15) is 0 Å². The SMILES string of the molecule is O=C(Cc1cn2c(C(=O)NCC34CC5CC(CC(C5)C3)C4)cccc2n1)NN1CCOCC1. The first-order valence-corrected chi connectivity index (χ1v) is 12.4. The Hall–Kier alpha value is -2.45. The lowest BCUT2D eigenvalue weighted by Crippen LogP contribution is -2.51. The number of fused-ring (bicyclic) bond motifs is 1. The summed E-state index contributed by atoms with van der Waals surface area (Å²) in [7, 11) is 0. The number of pyridine rings is 1. The number of carbonyl (C=O) groups excluding carboxylic acids is 2. The molecule has 0 unspecified atom stereocenters. The lowest BCUT2D eigenvalue weighted by Gasteiger charge is -2.56. The molecule has 2 aromatic rings. The second-order valence-electron chi connectivity index (χ2n) is 10.8. The van der Waals surface area contributed by atoms with Gasteiger partial charge < -0.3 is 10.1 Å². The largest absolute Gasteiger partial charge is 0.379 e. The standard InChI is InChI=1S/C25H33N5O3/c31-23(28-29-4-6-33-7-5-29)11-20-15-30-21(2-1-3-22(30)27-20)24(32)26-16-25-12-17-8-18(13-25)10-19(9-17)14-25/h1-3,15,17-19H,4-14,16H2,(H,26,32)(H,28,31). The molecule has 0 aromatic carbocycles. The molecule has 2 aromatic heterocycles. The normalized spacial score (nSPS) is 31.1. The summed E-state index contributed by atoms with van der Waals surface area (Å²) in [5.41, 5.74) is 5.13. The van der Waals surface area contributed by atoms with Crippen molar-refractivity contribution in [2.45, 2.75) is 44.9 Å². The monoisotopic (exact) mass is 451 g/mol. The third-order valence-corrected chi connectivity index (χ3v) is 8.20. The molecule has 8 heteroatoms. The number of nitrogens with one attached hydrogen (secondary N) is 2. The molecule has 2 N–H and O–H groups in total. The predicted molar refractivity (Wildman–Crippen MR) is 122 cm³/mol. The number of carbonyl (C=O) groups is 2. The van der Waals surface area contributed by atoms with Gasteiger partial charge in [0.05, 0.1) is 25.3 Å². The highest BCUT2D eigenvalue weighted by Gasteiger charge is 2.50. The van der Waals surface area contributed by atoms with Gasteiger partial charge in [0.2, 0.25) is 5.91 Å². The minimum Gasteiger partial charge on any atom is -0.379 e. The minimum absolute atomic E-state index is 0.0573. The molecule has 0 spiro atoms. The Morgan fingerprint density at radius 3 is 2.45 bits per heavy atom. The zero-order chi connectivity index (χ0) is 22.4. The van der Waals surface area contributed by atoms with E-state index < -0.39 is 0 Å². The van der Waals surface area contributed by atoms with Crippen molar-refractivity contribution in [2.24, 2.45) is 23.2 Å². The third-order valence-electron chi connectivity index (χ3n) is 8.20. The van der Waals surface area contributed by atoms with Crippen LogP contribution in [0.1, 0.15) is 54.7 Å². The highest BCUT2D eigenvalue weighted by Crippen LogP contribution is 2.59. The lowest BCUT2D eigenvalue weighted by atomic mass is 9.49. The second kappa shape index (κ2) is 8.40. The van der Waals surface area contributed by atoms with Crippen molar-refractivity contribution in [2.75, 3.05) is 32.8 Å². The molecule has 3 heterocycles. The lowest BCUT2D eigenvalue weighted by molar-refractivity contribution is -0.127. The number of amides is 2. The number of aromatic nitrogens is 2. The zero-order valence-electron chi connectivity index (χ0n) is 19.1. The van der Waals surface area contributed by atoms with Crippen molar-refractivity contribution in [3.05, 3.63) is 35.8 Å². The van der Waals surface area contributed by atoms with Crippen LogP contribution in [0, 0.1) is 23.2 Å². The van der Waals surface area contributed by atoms with E-state index in [2.05, 4.69) is 15.7 Å². The predicted octanol–water partition coefficient (Wildman–Crippen LogP) is 2.19. The highest BCUT2D eigenvalue weighted by atomic mass is 16.5. The molecule has 33 heavy (non-hydrogen) atoms. The fourth-order valence-electron chi connectivity index (χ4n) is 7.25. The highest BCUT2D eigenvalue weighted by molar-refractivity contribution is 5.93. The molecular formula is C25H33N5O3. The fraction of sp³-hybridized carbons (Fsp3) is 0.640. The third kappa shape index (κ3) is 4.26. The molecule has 8 nitrogen and oxygen atoms in total. The molecule has 1 saturated heterocycles. The first-order chi connectivity index (χ1) is 16.1. The van der Waals surface area contributed by atoms with Gasteiger partial charge in [0, 0.05) is 25.8 Å². The van der Waals surface area contributed by atoms with Crippen molar-refractivity contribution in [3.63, 3.8) is 0 Å². The molecule has 5 fully saturated rings. The molecule has 2 amide bonds. The van der Waals surface area contributed by atoms with E-state index in [0.717, 1.165) is 24.3 Å². The Kier molecular flexibility index (Phi) is 5.37. The van der Waals surface area contributed by atoms with Crippen molar-refractivity contribution >= 4 is 17.5 Å². The molecular weight excluding hydrogens is 418 g/mol. The minimum atomic E-state index is -0.104. The van der Waals surface area contributed by atoms with Crippen LogP contribution in [0.15, 0.2) is 24.4 Å². The maximum Gasteiger partial charge on any atom is 0.268 e. The Balaban J connectivity index is 1.12. The molecule has 4 saturated carbocycles. The first-order valence-electron chi connectivity index (χ1n) is 12.4. The summed E-state index contributed by atoms with van der Waals surface area (Å²) >= 11 is 0. The summed E-state index contributed by atoms with van der Waals surface area (Å²) < 4.78 is 7.13. The molecule has 4 bridgehead atoms. The van der Waals surface area contributed by atoms with E-state index >= 15 is 0 Å². The van der Waals surface area contributed by atoms with Crippen LogP contribution < -0.4 is 10.7 Å². The topological polar surface area (TPSA) is 88.0 Å². The average molecular weight is 452 g/mol. The van der Waals surface area contributed by atoms with E-state index in [1.807, 2.05) is 33.8 Å². The van der Waals surface area contributed by atoms with Gasteiger partial charge in [0.15, 0.2) is 0 Å². The molecule has 5 aliphatic rings. The maximum atomic E-state index is 13.2. The van der Waals surface area contributed by atoms with Crippen LogP contribution in [-0.4, -0.2) is 59.1 Å². The number of morpholine rings is 1. The van der Waals surface area contributed by atoms with Crippen LogP contribution in [0.5, 0.6) is 0 Å². The smallest absolute Gasteiger partial charge is 0.268 e. The summed E-state index contributed by atoms with van der Waals surface area (Å²) in [5, 5.41) is 5.15. The van der Waals surface area contributed by atoms with Gasteiger partial charge >= 0.3 is 0 Å². The summed E-state index contributed by atoms with van der Waals surface area (Å²) in [4.78, 5) is 30.2. The van der Waals surface area contributed by atoms with Crippen LogP contribution in [0.2, 0.25) is 0 Å². The Morgan fingerprint density at radius 1 is 1.06 bits per heavy atom. The number of hydrogen-bond donors (Lipinski definition) is 2. The first kappa shape index (κ1) is 21.1. The van der Waals surface area contributed by atoms with E-state index in [0.29, 0.717) is 48.8 Å². The quantitative estimate of drug-likeness (QED) is 0.703. The fourth-order valence-corrected chi connectivity index (χ4v) is 7.25. The van der Waals surface area contributed by atoms with Crippen molar-refractivity contribution < 1.29 is 14.3 Å². The van der Waals surface area contributed by atoms with Gasteiger partial charge in [-0.15, -0.1) is 0 Å². The van der Waals surface area contributed by atoms with Crippen LogP contribution in [0.25, 0.3) is 5.65 Å². The number of rotatable bonds is 6. The number of hydrazine groups is 1. The Morgan fingerprint density at radius 2 is 1.76 bits per heavy atom. The Labute approximate surface area is 194 Å². The van der Waals surface area contributed by atoms with Gasteiger partial charge in [-0.05, 0) is 73.8 Å². The van der Waals surface area contributed by atoms with E-state index in [1.54, 1.807) is 0 Å². The van der Waals surface area contributed by atoms with Crippen LogP contribution >= 0.6 is 0 Å². The number of nitrogens with zero attached hydrogens (tertiary/aromatic N) is 3. The van der Waals surface area contributed by atoms with Gasteiger partial charge in [-0.3, -0.25) is 19.4 Å². The van der Waals surface area contributed by atoms with Gasteiger partial charge in [-0.25, -0.2) is 9.99 Å². The van der Waals surface area contributed by atoms with E-state index in [9.17, 15) is 9.59 Å². The zero-order valence-corrected chi connectivity index (χ0v) is 19.1. The maximum absolute atomic E-state index is 13.2. The Bertz CT molecular complexity index is 1020. The molecule has 0 radical (unpaired) electrons. The van der Waals surface area contributed by atoms with E-state index in [-0.39, 0.29) is 18.2 Å². The van der Waals surface area contributed by atoms with Gasteiger partial charge in [0.25, 0.3) is 5.91 Å². The van der Waals surface area contributed by atoms with E-state index in [4.69, 9.17) is 4.74 Å². The summed E-state index contributed by atoms with van der Waals surface area (Å²) in [5.74, 6) is 2.45. The van der Waals surface area contributed by atoms with Gasteiger partial charge in [0.1, 0.15) is 11.3 Å². The van der Waals surface area contributed by atoms with Crippen molar-refractivity contribution in [1.29, 1.82) is 0 Å².